The van der Waals surface area contributed by atoms with Gasteiger partial charge in [0.1, 0.15) is 12.4 Å². The van der Waals surface area contributed by atoms with Gasteiger partial charge in [-0.05, 0) is 41.2 Å². The van der Waals surface area contributed by atoms with Gasteiger partial charge in [0, 0.05) is 30.5 Å². The molecular weight excluding hydrogens is 438 g/mol. The molecule has 2 aromatic carbocycles. The monoisotopic (exact) mass is 473 g/mol. The Bertz CT molecular complexity index is 1240. The van der Waals surface area contributed by atoms with E-state index in [1.165, 1.54) is 0 Å². The first kappa shape index (κ1) is 24.8. The van der Waals surface area contributed by atoms with Crippen molar-refractivity contribution in [1.82, 2.24) is 4.90 Å². The molecule has 0 saturated carbocycles. The van der Waals surface area contributed by atoms with Gasteiger partial charge in [-0.1, -0.05) is 75.7 Å². The Morgan fingerprint density at radius 3 is 2.00 bits per heavy atom. The molecule has 2 atom stereocenters. The molecule has 0 fully saturated rings. The minimum absolute atomic E-state index is 0.149. The van der Waals surface area contributed by atoms with E-state index in [0.717, 1.165) is 28.0 Å². The summed E-state index contributed by atoms with van der Waals surface area (Å²) in [7, 11) is 5.11. The van der Waals surface area contributed by atoms with Gasteiger partial charge in [0.15, 0.2) is 0 Å². The van der Waals surface area contributed by atoms with Gasteiger partial charge in [0.05, 0.1) is 12.7 Å². The molecule has 2 aromatic rings. The molecule has 184 valence electrons. The Kier molecular flexibility index (Phi) is 5.95. The number of amides is 1. The van der Waals surface area contributed by atoms with Crippen LogP contribution < -0.4 is 4.74 Å². The van der Waals surface area contributed by atoms with E-state index in [1.807, 2.05) is 54.6 Å². The standard InChI is InChI=1S/C30H35NO4/c1-19-23(21-14-16-22(34-8)17-15-21)30(5)25(27(33)35-18-20-12-10-9-11-13-20)24(26(32)31(6)7)29(19,4)28(30,2)3/h9-17H,18H2,1-8H3. The number of likely N-dealkylation sites (N-methyl/N-ethyl adjacent to an activating group) is 1. The number of methoxy groups -OCH3 is 1. The molecule has 5 heteroatoms. The highest BCUT2D eigenvalue weighted by Gasteiger charge is 2.72. The molecule has 35 heavy (non-hydrogen) atoms. The Morgan fingerprint density at radius 2 is 1.46 bits per heavy atom. The van der Waals surface area contributed by atoms with Gasteiger partial charge in [-0.25, -0.2) is 4.79 Å². The van der Waals surface area contributed by atoms with Crippen molar-refractivity contribution < 1.29 is 19.1 Å². The van der Waals surface area contributed by atoms with E-state index in [-0.39, 0.29) is 12.5 Å². The number of hydrogen-bond donors (Lipinski definition) is 0. The number of allylic oxidation sites excluding steroid dienone is 2. The van der Waals surface area contributed by atoms with Crippen LogP contribution in [0.15, 0.2) is 71.3 Å². The molecule has 0 heterocycles. The fourth-order valence-electron chi connectivity index (χ4n) is 6.25. The number of carbonyl (C=O) groups is 2. The summed E-state index contributed by atoms with van der Waals surface area (Å²) in [4.78, 5) is 29.1. The maximum atomic E-state index is 13.9. The topological polar surface area (TPSA) is 55.8 Å². The summed E-state index contributed by atoms with van der Waals surface area (Å²) in [5, 5.41) is 0. The SMILES string of the molecule is COc1ccc(C2=C(C)C3(C)C(C(=O)N(C)C)=C(C(=O)OCc4ccccc4)C2(C)C3(C)C)cc1. The third-order valence-electron chi connectivity index (χ3n) is 8.79. The maximum Gasteiger partial charge on any atom is 0.335 e. The molecular formula is C30H35NO4. The number of nitrogens with zero attached hydrogens (tertiary/aromatic N) is 1. The second kappa shape index (κ2) is 8.40. The molecule has 2 aliphatic carbocycles. The summed E-state index contributed by atoms with van der Waals surface area (Å²) in [6.07, 6.45) is 0. The first-order valence-corrected chi connectivity index (χ1v) is 12.0. The van der Waals surface area contributed by atoms with Gasteiger partial charge in [0.2, 0.25) is 0 Å². The maximum absolute atomic E-state index is 13.9. The van der Waals surface area contributed by atoms with Crippen molar-refractivity contribution in [2.75, 3.05) is 21.2 Å². The summed E-state index contributed by atoms with van der Waals surface area (Å²) in [5.41, 5.74) is 3.32. The van der Waals surface area contributed by atoms with Gasteiger partial charge >= 0.3 is 5.97 Å². The average molecular weight is 474 g/mol. The van der Waals surface area contributed by atoms with E-state index in [4.69, 9.17) is 9.47 Å². The Hall–Kier alpha value is -3.34. The lowest BCUT2D eigenvalue weighted by Crippen LogP contribution is -2.40. The van der Waals surface area contributed by atoms with Crippen molar-refractivity contribution in [2.24, 2.45) is 16.2 Å². The lowest BCUT2D eigenvalue weighted by atomic mass is 9.59. The molecule has 0 radical (unpaired) electrons. The number of carbonyl (C=O) groups excluding carboxylic acids is 2. The zero-order chi connectivity index (χ0) is 25.8. The number of esters is 1. The molecule has 1 amide bonds. The van der Waals surface area contributed by atoms with Crippen molar-refractivity contribution in [3.05, 3.63) is 82.4 Å². The fourth-order valence-corrected chi connectivity index (χ4v) is 6.25. The third kappa shape index (κ3) is 3.28. The molecule has 2 bridgehead atoms. The fraction of sp³-hybridized carbons (Fsp3) is 0.400. The van der Waals surface area contributed by atoms with E-state index >= 15 is 0 Å². The number of rotatable bonds is 6. The van der Waals surface area contributed by atoms with Crippen LogP contribution in [-0.2, 0) is 20.9 Å². The van der Waals surface area contributed by atoms with Crippen LogP contribution in [-0.4, -0.2) is 38.0 Å². The van der Waals surface area contributed by atoms with Crippen molar-refractivity contribution in [3.8, 4) is 5.75 Å². The van der Waals surface area contributed by atoms with Crippen LogP contribution in [0.2, 0.25) is 0 Å². The third-order valence-corrected chi connectivity index (χ3v) is 8.79. The Labute approximate surface area is 208 Å². The highest BCUT2D eigenvalue weighted by Crippen LogP contribution is 2.77. The molecule has 5 nitrogen and oxygen atoms in total. The first-order chi connectivity index (χ1) is 16.4. The summed E-state index contributed by atoms with van der Waals surface area (Å²) in [6.45, 7) is 10.8. The smallest absolute Gasteiger partial charge is 0.335 e. The quantitative estimate of drug-likeness (QED) is 0.508. The first-order valence-electron chi connectivity index (χ1n) is 12.0. The summed E-state index contributed by atoms with van der Waals surface area (Å²) in [6, 6.07) is 17.5. The number of benzene rings is 2. The second-order valence-corrected chi connectivity index (χ2v) is 10.6. The molecule has 0 aliphatic heterocycles. The lowest BCUT2D eigenvalue weighted by molar-refractivity contribution is -0.142. The minimum atomic E-state index is -0.727. The predicted molar refractivity (Wildman–Crippen MR) is 138 cm³/mol. The van der Waals surface area contributed by atoms with E-state index in [0.29, 0.717) is 11.1 Å². The van der Waals surface area contributed by atoms with Crippen LogP contribution in [0, 0.1) is 16.2 Å². The zero-order valence-electron chi connectivity index (χ0n) is 22.0. The van der Waals surface area contributed by atoms with Crippen molar-refractivity contribution in [2.45, 2.75) is 41.2 Å². The van der Waals surface area contributed by atoms with Crippen molar-refractivity contribution in [1.29, 1.82) is 0 Å². The van der Waals surface area contributed by atoms with Crippen LogP contribution in [0.1, 0.15) is 45.7 Å². The van der Waals surface area contributed by atoms with E-state index < -0.39 is 22.2 Å². The van der Waals surface area contributed by atoms with Gasteiger partial charge in [-0.15, -0.1) is 0 Å². The van der Waals surface area contributed by atoms with Crippen LogP contribution in [0.25, 0.3) is 5.57 Å². The highest BCUT2D eigenvalue weighted by molar-refractivity contribution is 6.11. The van der Waals surface area contributed by atoms with Gasteiger partial charge in [-0.2, -0.15) is 0 Å². The predicted octanol–water partition coefficient (Wildman–Crippen LogP) is 5.66. The van der Waals surface area contributed by atoms with Crippen molar-refractivity contribution >= 4 is 17.4 Å². The van der Waals surface area contributed by atoms with E-state index in [1.54, 1.807) is 26.1 Å². The molecule has 2 unspecified atom stereocenters. The Balaban J connectivity index is 1.90. The summed E-state index contributed by atoms with van der Waals surface area (Å²) >= 11 is 0. The molecule has 4 rings (SSSR count). The largest absolute Gasteiger partial charge is 0.497 e. The zero-order valence-corrected chi connectivity index (χ0v) is 22.0. The van der Waals surface area contributed by atoms with Gasteiger partial charge in [0.25, 0.3) is 5.91 Å². The molecule has 0 saturated heterocycles. The van der Waals surface area contributed by atoms with Crippen LogP contribution in [0.3, 0.4) is 0 Å². The van der Waals surface area contributed by atoms with Gasteiger partial charge < -0.3 is 14.4 Å². The van der Waals surface area contributed by atoms with Gasteiger partial charge in [-0.3, -0.25) is 4.79 Å². The Morgan fingerprint density at radius 1 is 0.857 bits per heavy atom. The molecule has 2 aliphatic rings. The number of hydrogen-bond acceptors (Lipinski definition) is 4. The van der Waals surface area contributed by atoms with Crippen LogP contribution >= 0.6 is 0 Å². The number of fused-ring (bicyclic) bond motifs is 2. The van der Waals surface area contributed by atoms with Crippen LogP contribution in [0.4, 0.5) is 0 Å². The van der Waals surface area contributed by atoms with Crippen molar-refractivity contribution in [3.63, 3.8) is 0 Å². The molecule has 0 aromatic heterocycles. The summed E-state index contributed by atoms with van der Waals surface area (Å²) in [5.74, 6) is 0.188. The normalized spacial score (nSPS) is 24.6. The minimum Gasteiger partial charge on any atom is -0.497 e. The summed E-state index contributed by atoms with van der Waals surface area (Å²) < 4.78 is 11.2. The molecule has 0 N–H and O–H groups in total. The van der Waals surface area contributed by atoms with E-state index in [9.17, 15) is 9.59 Å². The van der Waals surface area contributed by atoms with E-state index in [2.05, 4.69) is 34.6 Å². The molecule has 0 spiro atoms. The lowest BCUT2D eigenvalue weighted by Gasteiger charge is -2.43. The van der Waals surface area contributed by atoms with Crippen LogP contribution in [0.5, 0.6) is 5.75 Å². The average Bonchev–Trinajstić information content (AvgIpc) is 3.06. The highest BCUT2D eigenvalue weighted by atomic mass is 16.5. The second-order valence-electron chi connectivity index (χ2n) is 10.6. The number of ether oxygens (including phenoxy) is 2.